The molecule has 0 amide bonds. The fourth-order valence-corrected chi connectivity index (χ4v) is 8.55. The molecular weight excluding hydrogens is 789 g/mol. The third-order valence-corrected chi connectivity index (χ3v) is 11.8. The summed E-state index contributed by atoms with van der Waals surface area (Å²) < 4.78 is 11.6. The van der Waals surface area contributed by atoms with Crippen LogP contribution in [-0.2, 0) is 35.8 Å². The number of hydrogen-bond acceptors (Lipinski definition) is 6. The van der Waals surface area contributed by atoms with Crippen molar-refractivity contribution in [2.24, 2.45) is 0 Å². The summed E-state index contributed by atoms with van der Waals surface area (Å²) in [4.78, 5) is 30.2. The molecule has 0 N–H and O–H groups in total. The molecule has 9 aromatic carbocycles. The standard InChI is InChI=1S/C58H48N2O4/c1-39(2)57(61)63-55-29-13-23-49-51(55)25-11-27-53(49)59(37-45-19-9-17-43-15-5-7-21-47(43)45)35-41-31-33-42(34-32-41)36-60(38-46-20-10-18-44-16-6-8-22-48(44)46)54-28-12-26-52-50(54)24-14-30-56(52)64-58(62)40(3)4/h5-34H,1,3,35-38H2,2,4H3. The molecule has 0 fully saturated rings. The summed E-state index contributed by atoms with van der Waals surface area (Å²) in [5, 5.41) is 8.50. The highest BCUT2D eigenvalue weighted by Gasteiger charge is 2.19. The Hall–Kier alpha value is -7.96. The lowest BCUT2D eigenvalue weighted by molar-refractivity contribution is -0.130. The zero-order chi connectivity index (χ0) is 44.2. The van der Waals surface area contributed by atoms with Gasteiger partial charge in [-0.1, -0.05) is 171 Å². The first-order chi connectivity index (χ1) is 31.2. The van der Waals surface area contributed by atoms with Gasteiger partial charge in [-0.2, -0.15) is 0 Å². The molecular formula is C58H48N2O4. The van der Waals surface area contributed by atoms with Gasteiger partial charge < -0.3 is 19.3 Å². The second kappa shape index (κ2) is 18.2. The zero-order valence-electron chi connectivity index (χ0n) is 36.1. The summed E-state index contributed by atoms with van der Waals surface area (Å²) in [5.74, 6) is 0.112. The Labute approximate surface area is 373 Å². The van der Waals surface area contributed by atoms with Gasteiger partial charge in [0.2, 0.25) is 0 Å². The quantitative estimate of drug-likeness (QED) is 0.0618. The van der Waals surface area contributed by atoms with E-state index < -0.39 is 11.9 Å². The highest BCUT2D eigenvalue weighted by molar-refractivity contribution is 6.02. The van der Waals surface area contributed by atoms with Crippen molar-refractivity contribution in [1.29, 1.82) is 0 Å². The summed E-state index contributed by atoms with van der Waals surface area (Å²) in [6, 6.07) is 63.0. The first-order valence-corrected chi connectivity index (χ1v) is 21.5. The highest BCUT2D eigenvalue weighted by Crippen LogP contribution is 2.37. The van der Waals surface area contributed by atoms with Crippen LogP contribution in [0.2, 0.25) is 0 Å². The minimum absolute atomic E-state index is 0.346. The van der Waals surface area contributed by atoms with Gasteiger partial charge in [-0.05, 0) is 81.9 Å². The topological polar surface area (TPSA) is 59.1 Å². The molecule has 9 rings (SSSR count). The minimum Gasteiger partial charge on any atom is -0.423 e. The molecule has 6 nitrogen and oxygen atoms in total. The van der Waals surface area contributed by atoms with Gasteiger partial charge in [-0.25, -0.2) is 9.59 Å². The summed E-state index contributed by atoms with van der Waals surface area (Å²) in [7, 11) is 0. The maximum atomic E-state index is 12.7. The van der Waals surface area contributed by atoms with E-state index >= 15 is 0 Å². The minimum atomic E-state index is -0.449. The lowest BCUT2D eigenvalue weighted by Crippen LogP contribution is -2.23. The monoisotopic (exact) mass is 836 g/mol. The molecule has 0 aliphatic heterocycles. The van der Waals surface area contributed by atoms with Crippen molar-refractivity contribution in [3.8, 4) is 11.5 Å². The van der Waals surface area contributed by atoms with Crippen LogP contribution < -0.4 is 19.3 Å². The number of ether oxygens (including phenoxy) is 2. The molecule has 0 atom stereocenters. The van der Waals surface area contributed by atoms with Gasteiger partial charge >= 0.3 is 11.9 Å². The lowest BCUT2D eigenvalue weighted by Gasteiger charge is -2.29. The summed E-state index contributed by atoms with van der Waals surface area (Å²) in [6.45, 7) is 13.5. The Morgan fingerprint density at radius 2 is 0.734 bits per heavy atom. The van der Waals surface area contributed by atoms with Crippen molar-refractivity contribution in [2.75, 3.05) is 9.80 Å². The lowest BCUT2D eigenvalue weighted by atomic mass is 10.0. The fraction of sp³-hybridized carbons (Fsp3) is 0.103. The summed E-state index contributed by atoms with van der Waals surface area (Å²) >= 11 is 0. The number of rotatable bonds is 14. The van der Waals surface area contributed by atoms with Crippen molar-refractivity contribution < 1.29 is 19.1 Å². The Bertz CT molecular complexity index is 3010. The highest BCUT2D eigenvalue weighted by atomic mass is 16.5. The Morgan fingerprint density at radius 3 is 1.16 bits per heavy atom. The Morgan fingerprint density at radius 1 is 0.391 bits per heavy atom. The van der Waals surface area contributed by atoms with Gasteiger partial charge in [0.15, 0.2) is 0 Å². The molecule has 0 bridgehead atoms. The van der Waals surface area contributed by atoms with E-state index in [-0.39, 0.29) is 0 Å². The van der Waals surface area contributed by atoms with E-state index in [1.807, 2.05) is 48.5 Å². The average Bonchev–Trinajstić information content (AvgIpc) is 3.31. The van der Waals surface area contributed by atoms with Gasteiger partial charge in [0.1, 0.15) is 11.5 Å². The van der Waals surface area contributed by atoms with Crippen molar-refractivity contribution in [3.63, 3.8) is 0 Å². The van der Waals surface area contributed by atoms with Gasteiger partial charge in [0.25, 0.3) is 0 Å². The van der Waals surface area contributed by atoms with Crippen molar-refractivity contribution in [2.45, 2.75) is 40.0 Å². The maximum absolute atomic E-state index is 12.7. The van der Waals surface area contributed by atoms with Crippen LogP contribution >= 0.6 is 0 Å². The third-order valence-electron chi connectivity index (χ3n) is 11.8. The summed E-state index contributed by atoms with van der Waals surface area (Å²) in [5.41, 5.74) is 7.50. The first-order valence-electron chi connectivity index (χ1n) is 21.5. The molecule has 0 radical (unpaired) electrons. The van der Waals surface area contributed by atoms with E-state index in [0.717, 1.165) is 44.0 Å². The van der Waals surface area contributed by atoms with E-state index in [9.17, 15) is 9.59 Å². The molecule has 0 heterocycles. The smallest absolute Gasteiger partial charge is 0.338 e. The van der Waals surface area contributed by atoms with Crippen molar-refractivity contribution in [3.05, 3.63) is 229 Å². The maximum Gasteiger partial charge on any atom is 0.338 e. The van der Waals surface area contributed by atoms with Gasteiger partial charge in [0.05, 0.1) is 0 Å². The fourth-order valence-electron chi connectivity index (χ4n) is 8.55. The predicted molar refractivity (Wildman–Crippen MR) is 263 cm³/mol. The van der Waals surface area contributed by atoms with Crippen molar-refractivity contribution >= 4 is 66.4 Å². The number of fused-ring (bicyclic) bond motifs is 4. The first kappa shape index (κ1) is 41.4. The molecule has 314 valence electrons. The predicted octanol–water partition coefficient (Wildman–Crippen LogP) is 13.7. The molecule has 0 spiro atoms. The van der Waals surface area contributed by atoms with E-state index in [2.05, 4.69) is 156 Å². The van der Waals surface area contributed by atoms with Crippen LogP contribution in [0.1, 0.15) is 36.1 Å². The van der Waals surface area contributed by atoms with E-state index in [4.69, 9.17) is 9.47 Å². The third kappa shape index (κ3) is 8.72. The SMILES string of the molecule is C=C(C)C(=O)Oc1cccc2c(N(Cc3ccc(CN(Cc4cccc5ccccc45)c4cccc5c(OC(=O)C(=C)C)cccc45)cc3)Cc3cccc4ccccc34)cccc12. The van der Waals surface area contributed by atoms with Crippen LogP contribution in [0.15, 0.2) is 206 Å². The number of anilines is 2. The molecule has 64 heavy (non-hydrogen) atoms. The number of esters is 2. The number of nitrogens with zero attached hydrogens (tertiary/aromatic N) is 2. The molecule has 0 saturated heterocycles. The van der Waals surface area contributed by atoms with E-state index in [1.54, 1.807) is 13.8 Å². The molecule has 0 unspecified atom stereocenters. The van der Waals surface area contributed by atoms with Crippen LogP contribution in [0.25, 0.3) is 43.1 Å². The van der Waals surface area contributed by atoms with Crippen LogP contribution in [0.5, 0.6) is 11.5 Å². The largest absolute Gasteiger partial charge is 0.423 e. The van der Waals surface area contributed by atoms with Crippen molar-refractivity contribution in [1.82, 2.24) is 0 Å². The van der Waals surface area contributed by atoms with Crippen LogP contribution in [-0.4, -0.2) is 11.9 Å². The average molecular weight is 837 g/mol. The second-order valence-electron chi connectivity index (χ2n) is 16.4. The van der Waals surface area contributed by atoms with Gasteiger partial charge in [-0.15, -0.1) is 0 Å². The normalized spacial score (nSPS) is 11.2. The number of carbonyl (C=O) groups excluding carboxylic acids is 2. The molecule has 0 saturated carbocycles. The zero-order valence-corrected chi connectivity index (χ0v) is 36.1. The molecule has 6 heteroatoms. The summed E-state index contributed by atoms with van der Waals surface area (Å²) in [6.07, 6.45) is 0. The van der Waals surface area contributed by atoms with Gasteiger partial charge in [-0.3, -0.25) is 0 Å². The molecule has 0 aliphatic rings. The molecule has 9 aromatic rings. The van der Waals surface area contributed by atoms with E-state index in [1.165, 1.54) is 32.7 Å². The van der Waals surface area contributed by atoms with E-state index in [0.29, 0.717) is 48.8 Å². The van der Waals surface area contributed by atoms with Gasteiger partial charge in [0, 0.05) is 70.2 Å². The number of carbonyl (C=O) groups is 2. The number of benzene rings is 9. The van der Waals surface area contributed by atoms with Crippen LogP contribution in [0.4, 0.5) is 11.4 Å². The number of hydrogen-bond donors (Lipinski definition) is 0. The van der Waals surface area contributed by atoms with Crippen LogP contribution in [0.3, 0.4) is 0 Å². The Balaban J connectivity index is 1.08. The van der Waals surface area contributed by atoms with Crippen LogP contribution in [0, 0.1) is 0 Å². The molecule has 0 aliphatic carbocycles. The Kier molecular flexibility index (Phi) is 11.8. The molecule has 0 aromatic heterocycles. The second-order valence-corrected chi connectivity index (χ2v) is 16.4.